The van der Waals surface area contributed by atoms with E-state index in [9.17, 15) is 0 Å². The number of piperidine rings is 1. The van der Waals surface area contributed by atoms with Crippen LogP contribution in [-0.2, 0) is 0 Å². The molecule has 0 bridgehead atoms. The summed E-state index contributed by atoms with van der Waals surface area (Å²) in [6.45, 7) is 6.34. The number of nitrogens with one attached hydrogen (secondary N) is 1. The van der Waals surface area contributed by atoms with Crippen LogP contribution in [0.3, 0.4) is 0 Å². The van der Waals surface area contributed by atoms with Crippen molar-refractivity contribution < 1.29 is 4.42 Å². The van der Waals surface area contributed by atoms with Crippen LogP contribution in [0.5, 0.6) is 0 Å². The molecule has 2 rings (SSSR count). The minimum atomic E-state index is 0.837. The Bertz CT molecular complexity index is 312. The first-order valence-corrected chi connectivity index (χ1v) is 7.02. The van der Waals surface area contributed by atoms with E-state index in [1.165, 1.54) is 32.4 Å². The average Bonchev–Trinajstić information content (AvgIpc) is 2.60. The largest absolute Gasteiger partial charge is 0.437 e. The Labute approximate surface area is 101 Å². The van der Waals surface area contributed by atoms with Crippen molar-refractivity contribution in [1.82, 2.24) is 10.3 Å². The number of thioether (sulfide) groups is 1. The molecule has 1 fully saturated rings. The SMILES string of the molecule is Cc1nc(SCCC2CCNCC2)oc1C. The maximum atomic E-state index is 5.54. The number of oxazole rings is 1. The fraction of sp³-hybridized carbons (Fsp3) is 0.750. The number of hydrogen-bond donors (Lipinski definition) is 1. The summed E-state index contributed by atoms with van der Waals surface area (Å²) in [4.78, 5) is 4.38. The highest BCUT2D eigenvalue weighted by atomic mass is 32.2. The lowest BCUT2D eigenvalue weighted by Crippen LogP contribution is -2.27. The molecule has 3 nitrogen and oxygen atoms in total. The molecule has 0 amide bonds. The smallest absolute Gasteiger partial charge is 0.256 e. The molecule has 1 saturated heterocycles. The zero-order valence-electron chi connectivity index (χ0n) is 10.1. The van der Waals surface area contributed by atoms with Crippen LogP contribution in [0.15, 0.2) is 9.64 Å². The van der Waals surface area contributed by atoms with Gasteiger partial charge >= 0.3 is 0 Å². The van der Waals surface area contributed by atoms with Crippen LogP contribution in [0.4, 0.5) is 0 Å². The molecule has 1 aromatic rings. The zero-order valence-corrected chi connectivity index (χ0v) is 10.9. The second kappa shape index (κ2) is 5.73. The molecule has 1 aromatic heterocycles. The lowest BCUT2D eigenvalue weighted by atomic mass is 9.96. The van der Waals surface area contributed by atoms with Crippen molar-refractivity contribution >= 4 is 11.8 Å². The Balaban J connectivity index is 1.71. The molecule has 0 radical (unpaired) electrons. The molecule has 0 saturated carbocycles. The van der Waals surface area contributed by atoms with E-state index < -0.39 is 0 Å². The van der Waals surface area contributed by atoms with Crippen molar-refractivity contribution in [3.8, 4) is 0 Å². The molecular weight excluding hydrogens is 220 g/mol. The summed E-state index contributed by atoms with van der Waals surface area (Å²) < 4.78 is 5.54. The van der Waals surface area contributed by atoms with Gasteiger partial charge in [0.05, 0.1) is 5.69 Å². The van der Waals surface area contributed by atoms with Crippen LogP contribution in [-0.4, -0.2) is 23.8 Å². The summed E-state index contributed by atoms with van der Waals surface area (Å²) in [5.41, 5.74) is 1.02. The molecule has 0 aliphatic carbocycles. The maximum Gasteiger partial charge on any atom is 0.256 e. The van der Waals surface area contributed by atoms with Gasteiger partial charge in [0.15, 0.2) is 0 Å². The van der Waals surface area contributed by atoms with Gasteiger partial charge in [0.25, 0.3) is 5.22 Å². The van der Waals surface area contributed by atoms with E-state index in [-0.39, 0.29) is 0 Å². The fourth-order valence-electron chi connectivity index (χ4n) is 1.99. The Morgan fingerprint density at radius 1 is 1.38 bits per heavy atom. The molecule has 0 aromatic carbocycles. The van der Waals surface area contributed by atoms with E-state index in [2.05, 4.69) is 10.3 Å². The molecule has 90 valence electrons. The Hall–Kier alpha value is -0.480. The molecule has 0 spiro atoms. The molecule has 16 heavy (non-hydrogen) atoms. The molecule has 1 aliphatic heterocycles. The summed E-state index contributed by atoms with van der Waals surface area (Å²) in [6, 6.07) is 0. The van der Waals surface area contributed by atoms with Crippen LogP contribution in [0, 0.1) is 19.8 Å². The summed E-state index contributed by atoms with van der Waals surface area (Å²) in [5, 5.41) is 4.23. The number of nitrogens with zero attached hydrogens (tertiary/aromatic N) is 1. The Morgan fingerprint density at radius 3 is 2.75 bits per heavy atom. The number of aryl methyl sites for hydroxylation is 2. The number of aromatic nitrogens is 1. The fourth-order valence-corrected chi connectivity index (χ4v) is 3.00. The van der Waals surface area contributed by atoms with Crippen molar-refractivity contribution in [3.63, 3.8) is 0 Å². The molecular formula is C12H20N2OS. The van der Waals surface area contributed by atoms with Gasteiger partial charge in [-0.2, -0.15) is 0 Å². The van der Waals surface area contributed by atoms with Crippen molar-refractivity contribution in [1.29, 1.82) is 0 Å². The van der Waals surface area contributed by atoms with Crippen LogP contribution in [0.25, 0.3) is 0 Å². The van der Waals surface area contributed by atoms with E-state index in [0.717, 1.165) is 28.3 Å². The second-order valence-electron chi connectivity index (χ2n) is 4.45. The molecule has 4 heteroatoms. The monoisotopic (exact) mass is 240 g/mol. The minimum Gasteiger partial charge on any atom is -0.437 e. The van der Waals surface area contributed by atoms with Crippen LogP contribution in [0.2, 0.25) is 0 Å². The van der Waals surface area contributed by atoms with E-state index in [1.54, 1.807) is 11.8 Å². The zero-order chi connectivity index (χ0) is 11.4. The maximum absolute atomic E-state index is 5.54. The third-order valence-electron chi connectivity index (χ3n) is 3.22. The van der Waals surface area contributed by atoms with E-state index >= 15 is 0 Å². The van der Waals surface area contributed by atoms with Gasteiger partial charge in [-0.15, -0.1) is 0 Å². The lowest BCUT2D eigenvalue weighted by Gasteiger charge is -2.21. The average molecular weight is 240 g/mol. The van der Waals surface area contributed by atoms with Crippen molar-refractivity contribution in [2.24, 2.45) is 5.92 Å². The third-order valence-corrected chi connectivity index (χ3v) is 4.08. The van der Waals surface area contributed by atoms with E-state index in [0.29, 0.717) is 0 Å². The predicted molar refractivity (Wildman–Crippen MR) is 66.9 cm³/mol. The van der Waals surface area contributed by atoms with Crippen molar-refractivity contribution in [2.45, 2.75) is 38.3 Å². The molecule has 2 heterocycles. The Morgan fingerprint density at radius 2 is 2.12 bits per heavy atom. The van der Waals surface area contributed by atoms with E-state index in [4.69, 9.17) is 4.42 Å². The van der Waals surface area contributed by atoms with Gasteiger partial charge in [0.2, 0.25) is 0 Å². The molecule has 1 N–H and O–H groups in total. The molecule has 0 unspecified atom stereocenters. The van der Waals surface area contributed by atoms with Gasteiger partial charge in [0, 0.05) is 5.75 Å². The first-order chi connectivity index (χ1) is 7.75. The van der Waals surface area contributed by atoms with Gasteiger partial charge in [-0.3, -0.25) is 0 Å². The normalized spacial score (nSPS) is 17.9. The van der Waals surface area contributed by atoms with Crippen LogP contribution >= 0.6 is 11.8 Å². The summed E-state index contributed by atoms with van der Waals surface area (Å²) >= 11 is 1.75. The highest BCUT2D eigenvalue weighted by Gasteiger charge is 2.13. The predicted octanol–water partition coefficient (Wildman–Crippen LogP) is 2.77. The Kier molecular flexibility index (Phi) is 4.29. The summed E-state index contributed by atoms with van der Waals surface area (Å²) in [5.74, 6) is 2.97. The topological polar surface area (TPSA) is 38.1 Å². The van der Waals surface area contributed by atoms with Crippen molar-refractivity contribution in [3.05, 3.63) is 11.5 Å². The van der Waals surface area contributed by atoms with E-state index in [1.807, 2.05) is 13.8 Å². The van der Waals surface area contributed by atoms with Crippen LogP contribution < -0.4 is 5.32 Å². The molecule has 1 aliphatic rings. The number of hydrogen-bond acceptors (Lipinski definition) is 4. The van der Waals surface area contributed by atoms with Crippen LogP contribution in [0.1, 0.15) is 30.7 Å². The first-order valence-electron chi connectivity index (χ1n) is 6.03. The van der Waals surface area contributed by atoms with Gasteiger partial charge < -0.3 is 9.73 Å². The minimum absolute atomic E-state index is 0.837. The third kappa shape index (κ3) is 3.25. The van der Waals surface area contributed by atoms with Gasteiger partial charge in [0.1, 0.15) is 5.76 Å². The van der Waals surface area contributed by atoms with Gasteiger partial charge in [-0.05, 0) is 52.1 Å². The quantitative estimate of drug-likeness (QED) is 0.821. The lowest BCUT2D eigenvalue weighted by molar-refractivity contribution is 0.366. The highest BCUT2D eigenvalue weighted by molar-refractivity contribution is 7.99. The van der Waals surface area contributed by atoms with Gasteiger partial charge in [-0.25, -0.2) is 4.98 Å². The molecule has 0 atom stereocenters. The number of rotatable bonds is 4. The summed E-state index contributed by atoms with van der Waals surface area (Å²) in [6.07, 6.45) is 3.93. The highest BCUT2D eigenvalue weighted by Crippen LogP contribution is 2.24. The van der Waals surface area contributed by atoms with Crippen molar-refractivity contribution in [2.75, 3.05) is 18.8 Å². The summed E-state index contributed by atoms with van der Waals surface area (Å²) in [7, 11) is 0. The van der Waals surface area contributed by atoms with Gasteiger partial charge in [-0.1, -0.05) is 11.8 Å². The standard InChI is InChI=1S/C12H20N2OS/c1-9-10(2)15-12(14-9)16-8-5-11-3-6-13-7-4-11/h11,13H,3-8H2,1-2H3. The second-order valence-corrected chi connectivity index (χ2v) is 5.50. The first kappa shape index (κ1) is 12.0.